The molecule has 4 nitrogen and oxygen atoms in total. The zero-order valence-electron chi connectivity index (χ0n) is 12.1. The molecule has 0 spiro atoms. The van der Waals surface area contributed by atoms with Crippen molar-refractivity contribution >= 4 is 33.3 Å². The number of hydrogen-bond donors (Lipinski definition) is 1. The van der Waals surface area contributed by atoms with Crippen LogP contribution in [0, 0.1) is 0 Å². The van der Waals surface area contributed by atoms with Crippen molar-refractivity contribution in [3.05, 3.63) is 10.9 Å². The van der Waals surface area contributed by atoms with Crippen molar-refractivity contribution in [2.24, 2.45) is 0 Å². The van der Waals surface area contributed by atoms with Gasteiger partial charge in [0.05, 0.1) is 5.39 Å². The lowest BCUT2D eigenvalue weighted by Crippen LogP contribution is -2.31. The normalized spacial score (nSPS) is 11.4. The van der Waals surface area contributed by atoms with E-state index in [0.29, 0.717) is 12.0 Å². The van der Waals surface area contributed by atoms with Gasteiger partial charge in [-0.05, 0) is 25.3 Å². The smallest absolute Gasteiger partial charge is 0.223 e. The number of aryl methyl sites for hydroxylation is 1. The lowest BCUT2D eigenvalue weighted by atomic mass is 10.1. The predicted octanol–water partition coefficient (Wildman–Crippen LogP) is 3.46. The Balaban J connectivity index is 2.54. The van der Waals surface area contributed by atoms with E-state index < -0.39 is 0 Å². The summed E-state index contributed by atoms with van der Waals surface area (Å²) in [4.78, 5) is 13.4. The van der Waals surface area contributed by atoms with E-state index >= 15 is 0 Å². The second-order valence-corrected chi connectivity index (χ2v) is 5.89. The molecular weight excluding hydrogens is 256 g/mol. The third kappa shape index (κ3) is 2.66. The van der Waals surface area contributed by atoms with Gasteiger partial charge in [-0.2, -0.15) is 4.98 Å². The minimum atomic E-state index is 0.366. The molecule has 2 rings (SSSR count). The van der Waals surface area contributed by atoms with Gasteiger partial charge in [-0.3, -0.25) is 0 Å². The average molecular weight is 278 g/mol. The molecule has 104 valence electrons. The van der Waals surface area contributed by atoms with E-state index in [0.717, 1.165) is 35.3 Å². The Morgan fingerprint density at radius 1 is 1.26 bits per heavy atom. The SMILES string of the molecule is CCc1cc2c(N(C)C(CC)CC)nc(N)nc2s1. The first-order valence-electron chi connectivity index (χ1n) is 6.89. The maximum atomic E-state index is 5.85. The Morgan fingerprint density at radius 3 is 2.53 bits per heavy atom. The van der Waals surface area contributed by atoms with Crippen LogP contribution < -0.4 is 10.6 Å². The van der Waals surface area contributed by atoms with E-state index in [1.54, 1.807) is 11.3 Å². The number of thiophene rings is 1. The van der Waals surface area contributed by atoms with Gasteiger partial charge in [0, 0.05) is 18.0 Å². The summed E-state index contributed by atoms with van der Waals surface area (Å²) in [5, 5.41) is 1.13. The van der Waals surface area contributed by atoms with Gasteiger partial charge in [0.1, 0.15) is 10.6 Å². The van der Waals surface area contributed by atoms with Crippen LogP contribution in [0.1, 0.15) is 38.5 Å². The molecule has 0 aliphatic heterocycles. The summed E-state index contributed by atoms with van der Waals surface area (Å²) >= 11 is 1.71. The number of hydrogen-bond acceptors (Lipinski definition) is 5. The Bertz CT molecular complexity index is 560. The van der Waals surface area contributed by atoms with Gasteiger partial charge in [0.2, 0.25) is 5.95 Å². The molecule has 0 unspecified atom stereocenters. The summed E-state index contributed by atoms with van der Waals surface area (Å²) in [6.45, 7) is 6.57. The summed E-state index contributed by atoms with van der Waals surface area (Å²) in [5.74, 6) is 1.33. The fourth-order valence-corrected chi connectivity index (χ4v) is 3.39. The van der Waals surface area contributed by atoms with Crippen LogP contribution in [0.25, 0.3) is 10.2 Å². The molecule has 0 aromatic carbocycles. The molecule has 0 atom stereocenters. The van der Waals surface area contributed by atoms with Gasteiger partial charge in [-0.15, -0.1) is 11.3 Å². The molecule has 0 bridgehead atoms. The first-order chi connectivity index (χ1) is 9.10. The second kappa shape index (κ2) is 5.74. The van der Waals surface area contributed by atoms with Crippen LogP contribution in [0.2, 0.25) is 0 Å². The topological polar surface area (TPSA) is 55.0 Å². The minimum Gasteiger partial charge on any atom is -0.368 e. The lowest BCUT2D eigenvalue weighted by molar-refractivity contribution is 0.588. The largest absolute Gasteiger partial charge is 0.368 e. The predicted molar refractivity (Wildman–Crippen MR) is 84.0 cm³/mol. The van der Waals surface area contributed by atoms with Gasteiger partial charge in [0.25, 0.3) is 0 Å². The van der Waals surface area contributed by atoms with Gasteiger partial charge in [-0.25, -0.2) is 4.98 Å². The van der Waals surface area contributed by atoms with Crippen molar-refractivity contribution in [3.8, 4) is 0 Å². The molecule has 0 radical (unpaired) electrons. The van der Waals surface area contributed by atoms with Crippen LogP contribution in [0.5, 0.6) is 0 Å². The Kier molecular flexibility index (Phi) is 4.24. The van der Waals surface area contributed by atoms with Crippen molar-refractivity contribution < 1.29 is 0 Å². The zero-order valence-corrected chi connectivity index (χ0v) is 12.9. The fraction of sp³-hybridized carbons (Fsp3) is 0.571. The average Bonchev–Trinajstić information content (AvgIpc) is 2.81. The van der Waals surface area contributed by atoms with Gasteiger partial charge in [0.15, 0.2) is 0 Å². The molecule has 2 aromatic rings. The maximum Gasteiger partial charge on any atom is 0.223 e. The molecule has 2 aromatic heterocycles. The van der Waals surface area contributed by atoms with Crippen molar-refractivity contribution in [1.29, 1.82) is 0 Å². The maximum absolute atomic E-state index is 5.85. The number of rotatable bonds is 5. The molecule has 0 saturated heterocycles. The van der Waals surface area contributed by atoms with Crippen LogP contribution in [0.4, 0.5) is 11.8 Å². The van der Waals surface area contributed by atoms with E-state index in [4.69, 9.17) is 5.73 Å². The zero-order chi connectivity index (χ0) is 14.0. The van der Waals surface area contributed by atoms with E-state index in [1.165, 1.54) is 4.88 Å². The van der Waals surface area contributed by atoms with E-state index in [9.17, 15) is 0 Å². The summed E-state index contributed by atoms with van der Waals surface area (Å²) in [5.41, 5.74) is 5.85. The van der Waals surface area contributed by atoms with E-state index in [2.05, 4.69) is 48.8 Å². The highest BCUT2D eigenvalue weighted by Gasteiger charge is 2.18. The highest BCUT2D eigenvalue weighted by molar-refractivity contribution is 7.18. The monoisotopic (exact) mass is 278 g/mol. The summed E-state index contributed by atoms with van der Waals surface area (Å²) in [6, 6.07) is 2.69. The van der Waals surface area contributed by atoms with Gasteiger partial charge >= 0.3 is 0 Å². The van der Waals surface area contributed by atoms with Crippen LogP contribution in [-0.2, 0) is 6.42 Å². The quantitative estimate of drug-likeness (QED) is 0.910. The van der Waals surface area contributed by atoms with Crippen molar-refractivity contribution in [2.45, 2.75) is 46.1 Å². The minimum absolute atomic E-state index is 0.366. The molecular formula is C14H22N4S. The molecule has 0 saturated carbocycles. The third-order valence-corrected chi connectivity index (χ3v) is 4.79. The second-order valence-electron chi connectivity index (χ2n) is 4.77. The molecule has 0 aliphatic rings. The van der Waals surface area contributed by atoms with E-state index in [1.807, 2.05) is 0 Å². The number of anilines is 2. The molecule has 19 heavy (non-hydrogen) atoms. The van der Waals surface area contributed by atoms with Crippen LogP contribution >= 0.6 is 11.3 Å². The van der Waals surface area contributed by atoms with Gasteiger partial charge < -0.3 is 10.6 Å². The van der Waals surface area contributed by atoms with Crippen LogP contribution in [0.15, 0.2) is 6.07 Å². The Morgan fingerprint density at radius 2 is 1.95 bits per heavy atom. The number of nitrogens with two attached hydrogens (primary N) is 1. The molecule has 0 fully saturated rings. The summed E-state index contributed by atoms with van der Waals surface area (Å²) < 4.78 is 0. The molecule has 0 amide bonds. The van der Waals surface area contributed by atoms with Crippen molar-refractivity contribution in [1.82, 2.24) is 9.97 Å². The first kappa shape index (κ1) is 14.1. The van der Waals surface area contributed by atoms with Gasteiger partial charge in [-0.1, -0.05) is 20.8 Å². The molecule has 5 heteroatoms. The van der Waals surface area contributed by atoms with Crippen molar-refractivity contribution in [2.75, 3.05) is 17.7 Å². The van der Waals surface area contributed by atoms with Crippen LogP contribution in [0.3, 0.4) is 0 Å². The van der Waals surface area contributed by atoms with Crippen LogP contribution in [-0.4, -0.2) is 23.1 Å². The number of aromatic nitrogens is 2. The number of nitrogen functional groups attached to an aromatic ring is 1. The Labute approximate surface area is 118 Å². The van der Waals surface area contributed by atoms with E-state index in [-0.39, 0.29) is 0 Å². The number of nitrogens with zero attached hydrogens (tertiary/aromatic N) is 3. The summed E-state index contributed by atoms with van der Waals surface area (Å²) in [7, 11) is 2.10. The first-order valence-corrected chi connectivity index (χ1v) is 7.71. The Hall–Kier alpha value is -1.36. The lowest BCUT2D eigenvalue weighted by Gasteiger charge is -2.27. The standard InChI is InChI=1S/C14H22N4S/c1-5-9(6-2)18(4)12-11-8-10(7-3)19-13(11)17-14(15)16-12/h8-9H,5-7H2,1-4H3,(H2,15,16,17). The third-order valence-electron chi connectivity index (χ3n) is 3.61. The fourth-order valence-electron chi connectivity index (χ4n) is 2.42. The summed E-state index contributed by atoms with van der Waals surface area (Å²) in [6.07, 6.45) is 3.22. The molecule has 2 heterocycles. The highest BCUT2D eigenvalue weighted by atomic mass is 32.1. The number of fused-ring (bicyclic) bond motifs is 1. The molecule has 2 N–H and O–H groups in total. The molecule has 0 aliphatic carbocycles. The highest BCUT2D eigenvalue weighted by Crippen LogP contribution is 2.32. The van der Waals surface area contributed by atoms with Crippen molar-refractivity contribution in [3.63, 3.8) is 0 Å².